The quantitative estimate of drug-likeness (QED) is 0.211. The van der Waals surface area contributed by atoms with E-state index in [1.54, 1.807) is 0 Å². The van der Waals surface area contributed by atoms with Crippen LogP contribution in [0.1, 0.15) is 37.7 Å². The average molecular weight is 502 g/mol. The highest BCUT2D eigenvalue weighted by atomic mass is 127. The Morgan fingerprint density at radius 1 is 1.21 bits per heavy atom. The molecule has 1 atom stereocenters. The lowest BCUT2D eigenvalue weighted by molar-refractivity contribution is 0.190. The van der Waals surface area contributed by atoms with Crippen LogP contribution in [-0.2, 0) is 13.6 Å². The highest BCUT2D eigenvalue weighted by molar-refractivity contribution is 14.0. The number of aryl methyl sites for hydroxylation is 2. The first kappa shape index (κ1) is 26.6. The summed E-state index contributed by atoms with van der Waals surface area (Å²) in [6, 6.07) is 0.367. The van der Waals surface area contributed by atoms with Crippen LogP contribution in [-0.4, -0.2) is 52.9 Å². The topological polar surface area (TPSA) is 57.5 Å². The van der Waals surface area contributed by atoms with Crippen molar-refractivity contribution in [2.45, 2.75) is 47.2 Å². The maximum atomic E-state index is 4.78. The fourth-order valence-electron chi connectivity index (χ4n) is 3.21. The smallest absolute Gasteiger partial charge is 0.191 e. The van der Waals surface area contributed by atoms with Crippen LogP contribution in [0.4, 0.5) is 0 Å². The fraction of sp³-hybridized carbons (Fsp3) is 0.619. The molecule has 1 rings (SSSR count). The second-order valence-corrected chi connectivity index (χ2v) is 7.19. The van der Waals surface area contributed by atoms with Gasteiger partial charge in [-0.15, -0.1) is 37.1 Å². The second kappa shape index (κ2) is 13.8. The van der Waals surface area contributed by atoms with Gasteiger partial charge in [0.25, 0.3) is 0 Å². The molecule has 6 nitrogen and oxygen atoms in total. The summed E-state index contributed by atoms with van der Waals surface area (Å²) in [6.45, 7) is 22.4. The van der Waals surface area contributed by atoms with Crippen molar-refractivity contribution in [1.29, 1.82) is 0 Å². The third-order valence-corrected chi connectivity index (χ3v) is 4.84. The molecule has 0 bridgehead atoms. The zero-order valence-corrected chi connectivity index (χ0v) is 20.8. The summed E-state index contributed by atoms with van der Waals surface area (Å²) >= 11 is 0. The van der Waals surface area contributed by atoms with Gasteiger partial charge in [-0.1, -0.05) is 26.0 Å². The molecular formula is C21H39IN6. The first-order chi connectivity index (χ1) is 12.8. The van der Waals surface area contributed by atoms with Crippen molar-refractivity contribution in [3.05, 3.63) is 42.3 Å². The predicted molar refractivity (Wildman–Crippen MR) is 132 cm³/mol. The molecule has 2 N–H and O–H groups in total. The summed E-state index contributed by atoms with van der Waals surface area (Å²) in [7, 11) is 1.97. The summed E-state index contributed by atoms with van der Waals surface area (Å²) in [5, 5.41) is 11.3. The lowest BCUT2D eigenvalue weighted by atomic mass is 10.0. The van der Waals surface area contributed by atoms with Gasteiger partial charge in [-0.05, 0) is 26.7 Å². The Bertz CT molecular complexity index is 625. The van der Waals surface area contributed by atoms with Gasteiger partial charge in [0, 0.05) is 50.5 Å². The molecular weight excluding hydrogens is 463 g/mol. The normalized spacial score (nSPS) is 12.6. The summed E-state index contributed by atoms with van der Waals surface area (Å²) in [5.41, 5.74) is 3.39. The zero-order chi connectivity index (χ0) is 20.4. The number of guanidine groups is 1. The van der Waals surface area contributed by atoms with Crippen molar-refractivity contribution in [3.8, 4) is 0 Å². The number of nitrogens with zero attached hydrogens (tertiary/aromatic N) is 4. The van der Waals surface area contributed by atoms with Gasteiger partial charge in [0.2, 0.25) is 0 Å². The van der Waals surface area contributed by atoms with Crippen molar-refractivity contribution >= 4 is 29.9 Å². The SMILES string of the molecule is C=CCN(CC=C)C(CNC(=NCc1c(C)nn(C)c1C)NCC)C(C)C.I. The van der Waals surface area contributed by atoms with Crippen molar-refractivity contribution in [1.82, 2.24) is 25.3 Å². The van der Waals surface area contributed by atoms with E-state index in [4.69, 9.17) is 4.99 Å². The Balaban J connectivity index is 0.00000729. The minimum absolute atomic E-state index is 0. The summed E-state index contributed by atoms with van der Waals surface area (Å²) in [5.74, 6) is 1.34. The lowest BCUT2D eigenvalue weighted by Gasteiger charge is -2.33. The third-order valence-electron chi connectivity index (χ3n) is 4.84. The average Bonchev–Trinajstić information content (AvgIpc) is 2.85. The molecule has 1 aromatic rings. The number of halogens is 1. The highest BCUT2D eigenvalue weighted by Crippen LogP contribution is 2.13. The second-order valence-electron chi connectivity index (χ2n) is 7.19. The third kappa shape index (κ3) is 7.95. The van der Waals surface area contributed by atoms with E-state index in [0.717, 1.165) is 43.5 Å². The van der Waals surface area contributed by atoms with E-state index >= 15 is 0 Å². The van der Waals surface area contributed by atoms with E-state index in [9.17, 15) is 0 Å². The van der Waals surface area contributed by atoms with E-state index < -0.39 is 0 Å². The molecule has 0 saturated carbocycles. The minimum Gasteiger partial charge on any atom is -0.357 e. The Hall–Kier alpha value is -1.35. The van der Waals surface area contributed by atoms with Gasteiger partial charge in [-0.25, -0.2) is 4.99 Å². The van der Waals surface area contributed by atoms with Crippen LogP contribution in [0.3, 0.4) is 0 Å². The van der Waals surface area contributed by atoms with Crippen LogP contribution < -0.4 is 10.6 Å². The molecule has 0 aliphatic carbocycles. The van der Waals surface area contributed by atoms with Gasteiger partial charge in [-0.3, -0.25) is 9.58 Å². The minimum atomic E-state index is 0. The Labute approximate surface area is 188 Å². The molecule has 7 heteroatoms. The predicted octanol–water partition coefficient (Wildman–Crippen LogP) is 3.41. The molecule has 0 aliphatic heterocycles. The molecule has 0 aromatic carbocycles. The molecule has 0 fully saturated rings. The van der Waals surface area contributed by atoms with E-state index in [0.29, 0.717) is 18.5 Å². The van der Waals surface area contributed by atoms with Gasteiger partial charge in [-0.2, -0.15) is 5.10 Å². The van der Waals surface area contributed by atoms with Crippen molar-refractivity contribution in [2.75, 3.05) is 26.2 Å². The van der Waals surface area contributed by atoms with E-state index in [2.05, 4.69) is 61.5 Å². The van der Waals surface area contributed by atoms with E-state index in [1.807, 2.05) is 30.8 Å². The number of nitrogens with one attached hydrogen (secondary N) is 2. The first-order valence-electron chi connectivity index (χ1n) is 9.82. The fourth-order valence-corrected chi connectivity index (χ4v) is 3.21. The van der Waals surface area contributed by atoms with E-state index in [1.165, 1.54) is 5.56 Å². The number of rotatable bonds is 11. The van der Waals surface area contributed by atoms with Crippen molar-refractivity contribution < 1.29 is 0 Å². The van der Waals surface area contributed by atoms with Crippen molar-refractivity contribution in [2.24, 2.45) is 18.0 Å². The van der Waals surface area contributed by atoms with Gasteiger partial charge < -0.3 is 10.6 Å². The number of aliphatic imine (C=N–C) groups is 1. The maximum Gasteiger partial charge on any atom is 0.191 e. The van der Waals surface area contributed by atoms with Crippen molar-refractivity contribution in [3.63, 3.8) is 0 Å². The number of aromatic nitrogens is 2. The lowest BCUT2D eigenvalue weighted by Crippen LogP contribution is -2.49. The van der Waals surface area contributed by atoms with Crippen LogP contribution in [0.2, 0.25) is 0 Å². The van der Waals surface area contributed by atoms with Gasteiger partial charge in [0.1, 0.15) is 0 Å². The van der Waals surface area contributed by atoms with Crippen LogP contribution in [0.15, 0.2) is 30.3 Å². The van der Waals surface area contributed by atoms with Crippen LogP contribution in [0, 0.1) is 19.8 Å². The largest absolute Gasteiger partial charge is 0.357 e. The molecule has 1 aromatic heterocycles. The van der Waals surface area contributed by atoms with Gasteiger partial charge in [0.05, 0.1) is 12.2 Å². The Morgan fingerprint density at radius 2 is 1.82 bits per heavy atom. The maximum absolute atomic E-state index is 4.78. The molecule has 1 unspecified atom stereocenters. The van der Waals surface area contributed by atoms with Crippen LogP contribution in [0.5, 0.6) is 0 Å². The molecule has 1 heterocycles. The molecule has 0 radical (unpaired) electrons. The summed E-state index contributed by atoms with van der Waals surface area (Å²) < 4.78 is 1.91. The van der Waals surface area contributed by atoms with Crippen LogP contribution >= 0.6 is 24.0 Å². The summed E-state index contributed by atoms with van der Waals surface area (Å²) in [6.07, 6.45) is 3.90. The highest BCUT2D eigenvalue weighted by Gasteiger charge is 2.20. The van der Waals surface area contributed by atoms with Crippen LogP contribution in [0.25, 0.3) is 0 Å². The molecule has 0 spiro atoms. The molecule has 160 valence electrons. The molecule has 0 amide bonds. The van der Waals surface area contributed by atoms with Gasteiger partial charge in [0.15, 0.2) is 5.96 Å². The van der Waals surface area contributed by atoms with Gasteiger partial charge >= 0.3 is 0 Å². The molecule has 0 aliphatic rings. The monoisotopic (exact) mass is 502 g/mol. The zero-order valence-electron chi connectivity index (χ0n) is 18.5. The number of hydrogen-bond donors (Lipinski definition) is 2. The Morgan fingerprint density at radius 3 is 2.25 bits per heavy atom. The summed E-state index contributed by atoms with van der Waals surface area (Å²) in [4.78, 5) is 7.17. The Kier molecular flexibility index (Phi) is 13.1. The standard InChI is InChI=1S/C21H38N6.HI/c1-9-12-27(13-10-2)20(16(4)5)15-24-21(22-11-3)23-14-19-17(6)25-26(8)18(19)7;/h9-10,16,20H,1-2,11-15H2,3-8H3,(H2,22,23,24);1H. The van der Waals surface area contributed by atoms with E-state index in [-0.39, 0.29) is 24.0 Å². The number of hydrogen-bond acceptors (Lipinski definition) is 3. The molecule has 0 saturated heterocycles. The first-order valence-corrected chi connectivity index (χ1v) is 9.82. The molecule has 28 heavy (non-hydrogen) atoms.